The van der Waals surface area contributed by atoms with Crippen LogP contribution in [0.15, 0.2) is 60.7 Å². The Hall–Kier alpha value is -4.70. The fourth-order valence-electron chi connectivity index (χ4n) is 7.34. The maximum Gasteiger partial charge on any atom is 0.310 e. The highest BCUT2D eigenvalue weighted by Crippen LogP contribution is 2.57. The monoisotopic (exact) mass is 612 g/mol. The van der Waals surface area contributed by atoms with Gasteiger partial charge in [-0.1, -0.05) is 30.3 Å². The van der Waals surface area contributed by atoms with Crippen molar-refractivity contribution in [2.75, 3.05) is 60.9 Å². The number of cyclic esters (lactones) is 1. The van der Waals surface area contributed by atoms with Gasteiger partial charge in [-0.15, -0.1) is 0 Å². The molecule has 4 aliphatic rings. The number of methoxy groups -OCH3 is 3. The van der Waals surface area contributed by atoms with Crippen molar-refractivity contribution in [2.45, 2.75) is 12.0 Å². The molecule has 0 saturated carbocycles. The van der Waals surface area contributed by atoms with Crippen molar-refractivity contribution in [1.82, 2.24) is 9.80 Å². The minimum absolute atomic E-state index is 0.00867. The van der Waals surface area contributed by atoms with Crippen LogP contribution < -0.4 is 23.7 Å². The summed E-state index contributed by atoms with van der Waals surface area (Å²) in [7, 11) is 4.73. The summed E-state index contributed by atoms with van der Waals surface area (Å²) < 4.78 is 34.4. The summed E-state index contributed by atoms with van der Waals surface area (Å²) >= 11 is 0. The normalized spacial score (nSPS) is 23.8. The van der Waals surface area contributed by atoms with Crippen LogP contribution in [0.4, 0.5) is 0 Å². The number of ether oxygens (including phenoxy) is 6. The zero-order valence-electron chi connectivity index (χ0n) is 25.6. The maximum atomic E-state index is 13.6. The summed E-state index contributed by atoms with van der Waals surface area (Å²) in [6.07, 6.45) is 3.49. The lowest BCUT2D eigenvalue weighted by Crippen LogP contribution is -2.52. The molecule has 0 radical (unpaired) electrons. The third-order valence-corrected chi connectivity index (χ3v) is 9.43. The average Bonchev–Trinajstić information content (AvgIpc) is 3.71. The van der Waals surface area contributed by atoms with Crippen LogP contribution in [0.2, 0.25) is 0 Å². The molecule has 0 spiro atoms. The van der Waals surface area contributed by atoms with Crippen molar-refractivity contribution in [1.29, 1.82) is 0 Å². The van der Waals surface area contributed by atoms with Gasteiger partial charge >= 0.3 is 5.97 Å². The van der Waals surface area contributed by atoms with Gasteiger partial charge in [-0.3, -0.25) is 14.5 Å². The molecule has 0 N–H and O–H groups in total. The van der Waals surface area contributed by atoms with Gasteiger partial charge < -0.3 is 33.3 Å². The first kappa shape index (κ1) is 29.0. The molecular formula is C35H36N2O8. The number of piperazine rings is 1. The standard InChI is InChI=1S/C35H36N2O8/c1-40-28-15-22(16-29(41-2)34(28)42-3)31-23-17-26-27(45-20-44-26)18-24(23)33(25-19-43-35(39)32(25)31)37-13-11-36(12-14-37)30(38)10-9-21-7-5-4-6-8-21/h4-10,15-18,25,31-33H,11-14,19-20H2,1-3H3/t25-,31+,32-,33-/m0/s1. The SMILES string of the molecule is COc1cc([C@@H]2c3cc4c(cc3[C@H](N3CCN(C(=O)C=Cc5ccccc5)CC3)[C@H]3COC(=O)[C@H]23)OCO4)cc(OC)c1OC. The number of rotatable bonds is 7. The van der Waals surface area contributed by atoms with Crippen LogP contribution in [0.1, 0.15) is 34.2 Å². The molecule has 10 heteroatoms. The third-order valence-electron chi connectivity index (χ3n) is 9.43. The molecule has 4 atom stereocenters. The zero-order valence-corrected chi connectivity index (χ0v) is 25.6. The van der Waals surface area contributed by atoms with E-state index in [-0.39, 0.29) is 36.5 Å². The zero-order chi connectivity index (χ0) is 31.1. The lowest BCUT2D eigenvalue weighted by Gasteiger charge is -2.46. The summed E-state index contributed by atoms with van der Waals surface area (Å²) in [6.45, 7) is 2.94. The van der Waals surface area contributed by atoms with Gasteiger partial charge in [0, 0.05) is 50.1 Å². The molecule has 1 amide bonds. The van der Waals surface area contributed by atoms with Gasteiger partial charge in [-0.05, 0) is 52.6 Å². The molecule has 0 bridgehead atoms. The van der Waals surface area contributed by atoms with E-state index in [4.69, 9.17) is 28.4 Å². The number of carbonyl (C=O) groups excluding carboxylic acids is 2. The quantitative estimate of drug-likeness (QED) is 0.286. The van der Waals surface area contributed by atoms with E-state index in [0.717, 1.165) is 22.3 Å². The topological polar surface area (TPSA) is 96.0 Å². The number of amides is 1. The fraction of sp³-hybridized carbons (Fsp3) is 0.371. The van der Waals surface area contributed by atoms with Crippen molar-refractivity contribution in [3.8, 4) is 28.7 Å². The minimum atomic E-state index is -0.445. The van der Waals surface area contributed by atoms with Gasteiger partial charge in [0.1, 0.15) is 0 Å². The molecule has 3 heterocycles. The second-order valence-corrected chi connectivity index (χ2v) is 11.6. The van der Waals surface area contributed by atoms with E-state index in [1.54, 1.807) is 27.4 Å². The van der Waals surface area contributed by atoms with Crippen molar-refractivity contribution in [2.24, 2.45) is 11.8 Å². The fourth-order valence-corrected chi connectivity index (χ4v) is 7.34. The van der Waals surface area contributed by atoms with E-state index >= 15 is 0 Å². The average molecular weight is 613 g/mol. The first-order chi connectivity index (χ1) is 22.0. The van der Waals surface area contributed by atoms with Gasteiger partial charge in [0.05, 0.1) is 33.9 Å². The van der Waals surface area contributed by atoms with Crippen molar-refractivity contribution in [3.63, 3.8) is 0 Å². The molecule has 234 valence electrons. The van der Waals surface area contributed by atoms with Gasteiger partial charge in [-0.2, -0.15) is 0 Å². The Kier molecular flexibility index (Phi) is 7.75. The highest BCUT2D eigenvalue weighted by Gasteiger charge is 2.54. The Bertz CT molecular complexity index is 1610. The van der Waals surface area contributed by atoms with Crippen LogP contribution in [0.3, 0.4) is 0 Å². The number of fused-ring (bicyclic) bond motifs is 3. The molecule has 0 unspecified atom stereocenters. The Morgan fingerprint density at radius 3 is 2.16 bits per heavy atom. The Balaban J connectivity index is 1.24. The molecule has 0 aromatic heterocycles. The van der Waals surface area contributed by atoms with Gasteiger partial charge in [0.2, 0.25) is 18.4 Å². The lowest BCUT2D eigenvalue weighted by molar-refractivity contribution is -0.141. The summed E-state index contributed by atoms with van der Waals surface area (Å²) in [6, 6.07) is 17.6. The number of carbonyl (C=O) groups is 2. The predicted octanol–water partition coefficient (Wildman–Crippen LogP) is 4.27. The smallest absolute Gasteiger partial charge is 0.310 e. The van der Waals surface area contributed by atoms with Crippen LogP contribution in [0, 0.1) is 11.8 Å². The number of hydrogen-bond acceptors (Lipinski definition) is 9. The summed E-state index contributed by atoms with van der Waals surface area (Å²) in [5.41, 5.74) is 3.89. The Morgan fingerprint density at radius 2 is 1.51 bits per heavy atom. The summed E-state index contributed by atoms with van der Waals surface area (Å²) in [4.78, 5) is 30.9. The van der Waals surface area contributed by atoms with Crippen molar-refractivity contribution in [3.05, 3.63) is 82.9 Å². The van der Waals surface area contributed by atoms with Gasteiger partial charge in [0.25, 0.3) is 0 Å². The Morgan fingerprint density at radius 1 is 0.844 bits per heavy atom. The molecule has 3 aromatic rings. The largest absolute Gasteiger partial charge is 0.493 e. The molecule has 10 nitrogen and oxygen atoms in total. The predicted molar refractivity (Wildman–Crippen MR) is 165 cm³/mol. The van der Waals surface area contributed by atoms with Gasteiger partial charge in [0.15, 0.2) is 23.0 Å². The van der Waals surface area contributed by atoms with E-state index in [1.165, 1.54) is 0 Å². The lowest BCUT2D eigenvalue weighted by atomic mass is 9.64. The molecule has 7 rings (SSSR count). The number of hydrogen-bond donors (Lipinski definition) is 0. The molecule has 3 aliphatic heterocycles. The van der Waals surface area contributed by atoms with E-state index in [0.29, 0.717) is 61.5 Å². The highest BCUT2D eigenvalue weighted by molar-refractivity contribution is 5.91. The van der Waals surface area contributed by atoms with E-state index in [1.807, 2.05) is 59.5 Å². The van der Waals surface area contributed by atoms with Crippen LogP contribution in [-0.2, 0) is 14.3 Å². The second kappa shape index (κ2) is 12.0. The van der Waals surface area contributed by atoms with Crippen LogP contribution in [-0.4, -0.2) is 82.6 Å². The van der Waals surface area contributed by atoms with Crippen molar-refractivity contribution < 1.29 is 38.0 Å². The first-order valence-electron chi connectivity index (χ1n) is 15.2. The third kappa shape index (κ3) is 5.12. The number of benzene rings is 3. The number of esters is 1. The molecule has 3 aromatic carbocycles. The van der Waals surface area contributed by atoms with E-state index < -0.39 is 5.92 Å². The second-order valence-electron chi connectivity index (χ2n) is 11.6. The van der Waals surface area contributed by atoms with E-state index in [2.05, 4.69) is 11.0 Å². The van der Waals surface area contributed by atoms with Crippen LogP contribution in [0.25, 0.3) is 6.08 Å². The maximum absolute atomic E-state index is 13.6. The van der Waals surface area contributed by atoms with Crippen molar-refractivity contribution >= 4 is 18.0 Å². The van der Waals surface area contributed by atoms with Gasteiger partial charge in [-0.25, -0.2) is 0 Å². The van der Waals surface area contributed by atoms with Crippen LogP contribution >= 0.6 is 0 Å². The molecule has 1 aliphatic carbocycles. The molecular weight excluding hydrogens is 576 g/mol. The Labute approximate surface area is 262 Å². The van der Waals surface area contributed by atoms with E-state index in [9.17, 15) is 9.59 Å². The first-order valence-corrected chi connectivity index (χ1v) is 15.2. The minimum Gasteiger partial charge on any atom is -0.493 e. The molecule has 2 fully saturated rings. The van der Waals surface area contributed by atoms with Crippen LogP contribution in [0.5, 0.6) is 28.7 Å². The number of nitrogens with zero attached hydrogens (tertiary/aromatic N) is 2. The molecule has 2 saturated heterocycles. The summed E-state index contributed by atoms with van der Waals surface area (Å²) in [5.74, 6) is 1.71. The summed E-state index contributed by atoms with van der Waals surface area (Å²) in [5, 5.41) is 0. The molecule has 45 heavy (non-hydrogen) atoms. The highest BCUT2D eigenvalue weighted by atomic mass is 16.7.